The van der Waals surface area contributed by atoms with E-state index >= 15 is 0 Å². The van der Waals surface area contributed by atoms with E-state index in [0.29, 0.717) is 6.04 Å². The Morgan fingerprint density at radius 1 is 1.37 bits per heavy atom. The number of nitrogens with one attached hydrogen (secondary N) is 1. The van der Waals surface area contributed by atoms with Crippen LogP contribution in [0, 0.1) is 0 Å². The summed E-state index contributed by atoms with van der Waals surface area (Å²) in [6, 6.07) is 3.87. The highest BCUT2D eigenvalue weighted by molar-refractivity contribution is 5.41. The lowest BCUT2D eigenvalue weighted by Gasteiger charge is -2.31. The van der Waals surface area contributed by atoms with Gasteiger partial charge in [0.15, 0.2) is 0 Å². The fourth-order valence-corrected chi connectivity index (χ4v) is 2.79. The highest BCUT2D eigenvalue weighted by Crippen LogP contribution is 2.23. The smallest absolute Gasteiger partial charge is 0.250 e. The molecule has 2 unspecified atom stereocenters. The van der Waals surface area contributed by atoms with E-state index in [1.54, 1.807) is 17.7 Å². The van der Waals surface area contributed by atoms with Gasteiger partial charge in [0.2, 0.25) is 0 Å². The maximum atomic E-state index is 11.7. The molecule has 0 aliphatic heterocycles. The molecular weight excluding hydrogens is 240 g/mol. The SMILES string of the molecule is CCCn1cc(NC2CCCCC2OC)ccc1=O. The van der Waals surface area contributed by atoms with Crippen LogP contribution in [0.1, 0.15) is 39.0 Å². The van der Waals surface area contributed by atoms with Crippen LogP contribution in [0.25, 0.3) is 0 Å². The molecule has 1 aromatic heterocycles. The van der Waals surface area contributed by atoms with Gasteiger partial charge in [-0.2, -0.15) is 0 Å². The van der Waals surface area contributed by atoms with Gasteiger partial charge < -0.3 is 14.6 Å². The maximum absolute atomic E-state index is 11.7. The molecule has 1 aromatic rings. The van der Waals surface area contributed by atoms with Gasteiger partial charge in [-0.3, -0.25) is 4.79 Å². The molecule has 1 aliphatic carbocycles. The van der Waals surface area contributed by atoms with E-state index in [0.717, 1.165) is 31.5 Å². The first-order valence-corrected chi connectivity index (χ1v) is 7.24. The largest absolute Gasteiger partial charge is 0.379 e. The lowest BCUT2D eigenvalue weighted by molar-refractivity contribution is 0.0606. The third-order valence-electron chi connectivity index (χ3n) is 3.81. The minimum Gasteiger partial charge on any atom is -0.379 e. The van der Waals surface area contributed by atoms with Gasteiger partial charge >= 0.3 is 0 Å². The summed E-state index contributed by atoms with van der Waals surface area (Å²) in [5, 5.41) is 3.52. The Kier molecular flexibility index (Phi) is 5.02. The summed E-state index contributed by atoms with van der Waals surface area (Å²) in [5.74, 6) is 0. The number of ether oxygens (including phenoxy) is 1. The second kappa shape index (κ2) is 6.75. The number of aryl methyl sites for hydroxylation is 1. The average molecular weight is 264 g/mol. The molecule has 19 heavy (non-hydrogen) atoms. The second-order valence-corrected chi connectivity index (χ2v) is 5.26. The van der Waals surface area contributed by atoms with Gasteiger partial charge in [-0.15, -0.1) is 0 Å². The Hall–Kier alpha value is -1.29. The summed E-state index contributed by atoms with van der Waals surface area (Å²) in [6.07, 6.45) is 7.90. The van der Waals surface area contributed by atoms with Crippen molar-refractivity contribution in [3.63, 3.8) is 0 Å². The number of pyridine rings is 1. The summed E-state index contributed by atoms with van der Waals surface area (Å²) in [4.78, 5) is 11.7. The standard InChI is InChI=1S/C15H24N2O2/c1-3-10-17-11-12(8-9-15(17)18)16-13-6-4-5-7-14(13)19-2/h8-9,11,13-14,16H,3-7,10H2,1-2H3. The van der Waals surface area contributed by atoms with Crippen LogP contribution in [-0.2, 0) is 11.3 Å². The molecule has 2 rings (SSSR count). The Balaban J connectivity index is 2.09. The van der Waals surface area contributed by atoms with E-state index < -0.39 is 0 Å². The number of aromatic nitrogens is 1. The molecule has 1 saturated carbocycles. The summed E-state index contributed by atoms with van der Waals surface area (Å²) >= 11 is 0. The van der Waals surface area contributed by atoms with Gasteiger partial charge in [0.1, 0.15) is 0 Å². The van der Waals surface area contributed by atoms with Crippen LogP contribution in [0.3, 0.4) is 0 Å². The summed E-state index contributed by atoms with van der Waals surface area (Å²) in [6.45, 7) is 2.85. The number of anilines is 1. The fraction of sp³-hybridized carbons (Fsp3) is 0.667. The number of nitrogens with zero attached hydrogens (tertiary/aromatic N) is 1. The van der Waals surface area contributed by atoms with Crippen molar-refractivity contribution >= 4 is 5.69 Å². The van der Waals surface area contributed by atoms with Crippen LogP contribution >= 0.6 is 0 Å². The van der Waals surface area contributed by atoms with Gasteiger partial charge in [-0.05, 0) is 25.3 Å². The molecule has 0 bridgehead atoms. The number of hydrogen-bond donors (Lipinski definition) is 1. The molecule has 1 aliphatic rings. The highest BCUT2D eigenvalue weighted by Gasteiger charge is 2.24. The van der Waals surface area contributed by atoms with Crippen LogP contribution < -0.4 is 10.9 Å². The van der Waals surface area contributed by atoms with Crippen molar-refractivity contribution in [1.82, 2.24) is 4.57 Å². The third kappa shape index (κ3) is 3.60. The normalized spacial score (nSPS) is 23.3. The molecule has 0 spiro atoms. The van der Waals surface area contributed by atoms with Crippen LogP contribution in [0.4, 0.5) is 5.69 Å². The van der Waals surface area contributed by atoms with Gasteiger partial charge in [-0.25, -0.2) is 0 Å². The molecular formula is C15H24N2O2. The topological polar surface area (TPSA) is 43.3 Å². The summed E-state index contributed by atoms with van der Waals surface area (Å²) in [5.41, 5.74) is 1.08. The Morgan fingerprint density at radius 3 is 2.89 bits per heavy atom. The van der Waals surface area contributed by atoms with Crippen molar-refractivity contribution in [3.8, 4) is 0 Å². The molecule has 0 saturated heterocycles. The average Bonchev–Trinajstić information content (AvgIpc) is 2.43. The zero-order valence-corrected chi connectivity index (χ0v) is 11.9. The number of hydrogen-bond acceptors (Lipinski definition) is 3. The van der Waals surface area contributed by atoms with E-state index in [1.807, 2.05) is 12.3 Å². The Bertz CT molecular complexity index is 456. The predicted octanol–water partition coefficient (Wildman–Crippen LogP) is 2.63. The van der Waals surface area contributed by atoms with Crippen molar-refractivity contribution in [3.05, 3.63) is 28.7 Å². The molecule has 0 radical (unpaired) electrons. The highest BCUT2D eigenvalue weighted by atomic mass is 16.5. The van der Waals surface area contributed by atoms with Crippen molar-refractivity contribution < 1.29 is 4.74 Å². The minimum atomic E-state index is 0.0688. The van der Waals surface area contributed by atoms with Crippen LogP contribution in [0.2, 0.25) is 0 Å². The van der Waals surface area contributed by atoms with Crippen LogP contribution in [0.5, 0.6) is 0 Å². The first-order valence-electron chi connectivity index (χ1n) is 7.24. The number of rotatable bonds is 5. The van der Waals surface area contributed by atoms with Gasteiger partial charge in [-0.1, -0.05) is 19.8 Å². The Labute approximate surface area is 114 Å². The van der Waals surface area contributed by atoms with E-state index in [2.05, 4.69) is 12.2 Å². The summed E-state index contributed by atoms with van der Waals surface area (Å²) in [7, 11) is 1.78. The summed E-state index contributed by atoms with van der Waals surface area (Å²) < 4.78 is 7.32. The molecule has 4 heteroatoms. The first-order chi connectivity index (χ1) is 9.24. The minimum absolute atomic E-state index is 0.0688. The molecule has 0 amide bonds. The van der Waals surface area contributed by atoms with E-state index in [4.69, 9.17) is 4.74 Å². The lowest BCUT2D eigenvalue weighted by Crippen LogP contribution is -2.38. The van der Waals surface area contributed by atoms with Crippen molar-refractivity contribution in [2.24, 2.45) is 0 Å². The molecule has 1 heterocycles. The second-order valence-electron chi connectivity index (χ2n) is 5.26. The van der Waals surface area contributed by atoms with E-state index in [1.165, 1.54) is 12.8 Å². The van der Waals surface area contributed by atoms with E-state index in [9.17, 15) is 4.79 Å². The zero-order valence-electron chi connectivity index (χ0n) is 11.9. The van der Waals surface area contributed by atoms with Gasteiger partial charge in [0.05, 0.1) is 17.8 Å². The van der Waals surface area contributed by atoms with Crippen LogP contribution in [0.15, 0.2) is 23.1 Å². The number of methoxy groups -OCH3 is 1. The quantitative estimate of drug-likeness (QED) is 0.889. The van der Waals surface area contributed by atoms with E-state index in [-0.39, 0.29) is 11.7 Å². The monoisotopic (exact) mass is 264 g/mol. The predicted molar refractivity (Wildman–Crippen MR) is 77.7 cm³/mol. The van der Waals surface area contributed by atoms with Crippen molar-refractivity contribution in [1.29, 1.82) is 0 Å². The molecule has 106 valence electrons. The Morgan fingerprint density at radius 2 is 2.16 bits per heavy atom. The van der Waals surface area contributed by atoms with Crippen molar-refractivity contribution in [2.75, 3.05) is 12.4 Å². The molecule has 0 aromatic carbocycles. The van der Waals surface area contributed by atoms with Gasteiger partial charge in [0, 0.05) is 25.9 Å². The van der Waals surface area contributed by atoms with Crippen molar-refractivity contribution in [2.45, 2.75) is 57.7 Å². The van der Waals surface area contributed by atoms with Gasteiger partial charge in [0.25, 0.3) is 5.56 Å². The third-order valence-corrected chi connectivity index (χ3v) is 3.81. The van der Waals surface area contributed by atoms with Crippen LogP contribution in [-0.4, -0.2) is 23.8 Å². The molecule has 1 N–H and O–H groups in total. The molecule has 4 nitrogen and oxygen atoms in total. The molecule has 1 fully saturated rings. The fourth-order valence-electron chi connectivity index (χ4n) is 2.79. The maximum Gasteiger partial charge on any atom is 0.250 e. The lowest BCUT2D eigenvalue weighted by atomic mass is 9.92. The molecule has 2 atom stereocenters. The zero-order chi connectivity index (χ0) is 13.7. The first kappa shape index (κ1) is 14.1.